The summed E-state index contributed by atoms with van der Waals surface area (Å²) in [4.78, 5) is 24.0. The largest absolute Gasteiger partial charge is 0.306 e. The van der Waals surface area contributed by atoms with Crippen molar-refractivity contribution < 1.29 is 4.79 Å². The predicted molar refractivity (Wildman–Crippen MR) is 77.7 cm³/mol. The van der Waals surface area contributed by atoms with E-state index in [9.17, 15) is 9.59 Å². The molecular formula is C13H15Br2NO2. The Morgan fingerprint density at radius 1 is 1.28 bits per heavy atom. The molecule has 18 heavy (non-hydrogen) atoms. The van der Waals surface area contributed by atoms with Gasteiger partial charge in [0.05, 0.1) is 11.0 Å². The van der Waals surface area contributed by atoms with E-state index in [1.165, 1.54) is 11.0 Å². The van der Waals surface area contributed by atoms with Gasteiger partial charge in [0, 0.05) is 16.6 Å². The van der Waals surface area contributed by atoms with Gasteiger partial charge in [0.2, 0.25) is 0 Å². The Morgan fingerprint density at radius 2 is 1.94 bits per heavy atom. The van der Waals surface area contributed by atoms with Crippen molar-refractivity contribution in [1.82, 2.24) is 4.57 Å². The summed E-state index contributed by atoms with van der Waals surface area (Å²) in [5.74, 6) is 0.324. The fourth-order valence-electron chi connectivity index (χ4n) is 2.40. The van der Waals surface area contributed by atoms with Gasteiger partial charge in [-0.25, -0.2) is 0 Å². The molecule has 98 valence electrons. The van der Waals surface area contributed by atoms with Crippen molar-refractivity contribution in [3.05, 3.63) is 31.6 Å². The maximum absolute atomic E-state index is 12.2. The summed E-state index contributed by atoms with van der Waals surface area (Å²) in [6.07, 6.45) is 7.12. The van der Waals surface area contributed by atoms with Crippen LogP contribution in [0, 0.1) is 5.92 Å². The Hall–Kier alpha value is -0.420. The van der Waals surface area contributed by atoms with E-state index in [1.54, 1.807) is 12.3 Å². The number of ketones is 1. The van der Waals surface area contributed by atoms with Crippen molar-refractivity contribution in [3.8, 4) is 0 Å². The quantitative estimate of drug-likeness (QED) is 0.809. The van der Waals surface area contributed by atoms with Crippen molar-refractivity contribution in [3.63, 3.8) is 0 Å². The summed E-state index contributed by atoms with van der Waals surface area (Å²) in [7, 11) is 0. The second kappa shape index (κ2) is 6.15. The van der Waals surface area contributed by atoms with Gasteiger partial charge in [0.15, 0.2) is 5.78 Å². The number of Topliss-reactive ketones (excluding diaryl/α,β-unsaturated/α-hetero) is 1. The second-order valence-corrected chi connectivity index (χ2v) is 6.51. The van der Waals surface area contributed by atoms with E-state index in [2.05, 4.69) is 31.9 Å². The highest BCUT2D eigenvalue weighted by molar-refractivity contribution is 9.11. The standard InChI is InChI=1S/C13H15Br2NO2/c14-10-6-11(15)13(18)16(7-10)8-12(17)9-4-2-1-3-5-9/h6-7,9H,1-5,8H2. The highest BCUT2D eigenvalue weighted by atomic mass is 79.9. The Bertz CT molecular complexity index is 504. The Labute approximate surface area is 123 Å². The molecule has 0 saturated heterocycles. The number of carbonyl (C=O) groups is 1. The van der Waals surface area contributed by atoms with Crippen LogP contribution in [-0.2, 0) is 11.3 Å². The lowest BCUT2D eigenvalue weighted by Crippen LogP contribution is -2.28. The fraction of sp³-hybridized carbons (Fsp3) is 0.538. The number of pyridine rings is 1. The zero-order valence-electron chi connectivity index (χ0n) is 9.99. The van der Waals surface area contributed by atoms with E-state index < -0.39 is 0 Å². The van der Waals surface area contributed by atoms with E-state index in [1.807, 2.05) is 0 Å². The van der Waals surface area contributed by atoms with Crippen LogP contribution in [0.1, 0.15) is 32.1 Å². The number of halogens is 2. The predicted octanol–water partition coefficient (Wildman–Crippen LogP) is 3.52. The molecule has 1 heterocycles. The van der Waals surface area contributed by atoms with Crippen LogP contribution in [0.15, 0.2) is 26.0 Å². The van der Waals surface area contributed by atoms with E-state index in [-0.39, 0.29) is 23.8 Å². The molecule has 5 heteroatoms. The van der Waals surface area contributed by atoms with Crippen LogP contribution in [0.25, 0.3) is 0 Å². The first kappa shape index (κ1) is 14.0. The van der Waals surface area contributed by atoms with Crippen molar-refractivity contribution in [2.24, 2.45) is 5.92 Å². The zero-order chi connectivity index (χ0) is 13.1. The van der Waals surface area contributed by atoms with Crippen LogP contribution in [0.3, 0.4) is 0 Å². The average Bonchev–Trinajstić information content (AvgIpc) is 2.36. The first-order chi connectivity index (χ1) is 8.58. The van der Waals surface area contributed by atoms with Crippen LogP contribution in [0.2, 0.25) is 0 Å². The molecule has 1 aromatic rings. The monoisotopic (exact) mass is 375 g/mol. The number of rotatable bonds is 3. The molecule has 0 amide bonds. The lowest BCUT2D eigenvalue weighted by Gasteiger charge is -2.20. The highest BCUT2D eigenvalue weighted by Crippen LogP contribution is 2.24. The molecule has 1 aliphatic rings. The zero-order valence-corrected chi connectivity index (χ0v) is 13.2. The van der Waals surface area contributed by atoms with Gasteiger partial charge in [-0.05, 0) is 50.8 Å². The molecule has 1 aliphatic carbocycles. The lowest BCUT2D eigenvalue weighted by molar-refractivity contribution is -0.124. The SMILES string of the molecule is O=C(Cn1cc(Br)cc(Br)c1=O)C1CCCCC1. The summed E-state index contributed by atoms with van der Waals surface area (Å²) >= 11 is 6.54. The maximum atomic E-state index is 12.2. The van der Waals surface area contributed by atoms with Gasteiger partial charge in [0.25, 0.3) is 5.56 Å². The van der Waals surface area contributed by atoms with Crippen LogP contribution >= 0.6 is 31.9 Å². The van der Waals surface area contributed by atoms with Gasteiger partial charge in [-0.1, -0.05) is 19.3 Å². The van der Waals surface area contributed by atoms with Gasteiger partial charge in [-0.2, -0.15) is 0 Å². The van der Waals surface area contributed by atoms with E-state index in [0.717, 1.165) is 30.2 Å². The smallest absolute Gasteiger partial charge is 0.265 e. The molecule has 1 fully saturated rings. The summed E-state index contributed by atoms with van der Waals surface area (Å²) in [6.45, 7) is 0.182. The minimum absolute atomic E-state index is 0.142. The van der Waals surface area contributed by atoms with Crippen LogP contribution < -0.4 is 5.56 Å². The normalized spacial score (nSPS) is 16.8. The van der Waals surface area contributed by atoms with Crippen LogP contribution in [-0.4, -0.2) is 10.4 Å². The second-order valence-electron chi connectivity index (χ2n) is 4.74. The lowest BCUT2D eigenvalue weighted by atomic mass is 9.86. The summed E-state index contributed by atoms with van der Waals surface area (Å²) < 4.78 is 2.75. The molecule has 0 aromatic carbocycles. The molecular weight excluding hydrogens is 362 g/mol. The Morgan fingerprint density at radius 3 is 2.61 bits per heavy atom. The number of nitrogens with zero attached hydrogens (tertiary/aromatic N) is 1. The number of hydrogen-bond acceptors (Lipinski definition) is 2. The molecule has 1 aromatic heterocycles. The molecule has 2 rings (SSSR count). The van der Waals surface area contributed by atoms with E-state index >= 15 is 0 Å². The minimum Gasteiger partial charge on any atom is -0.306 e. The van der Waals surface area contributed by atoms with Crippen LogP contribution in [0.4, 0.5) is 0 Å². The van der Waals surface area contributed by atoms with Crippen molar-refractivity contribution in [1.29, 1.82) is 0 Å². The first-order valence-corrected chi connectivity index (χ1v) is 7.74. The van der Waals surface area contributed by atoms with Gasteiger partial charge in [-0.15, -0.1) is 0 Å². The number of hydrogen-bond donors (Lipinski definition) is 0. The average molecular weight is 377 g/mol. The van der Waals surface area contributed by atoms with Gasteiger partial charge in [-0.3, -0.25) is 9.59 Å². The molecule has 3 nitrogen and oxygen atoms in total. The third kappa shape index (κ3) is 3.32. The molecule has 1 saturated carbocycles. The molecule has 0 radical (unpaired) electrons. The van der Waals surface area contributed by atoms with Crippen molar-refractivity contribution in [2.75, 3.05) is 0 Å². The molecule has 0 atom stereocenters. The topological polar surface area (TPSA) is 39.1 Å². The third-order valence-corrected chi connectivity index (χ3v) is 4.40. The van der Waals surface area contributed by atoms with E-state index in [0.29, 0.717) is 4.47 Å². The maximum Gasteiger partial charge on any atom is 0.265 e. The third-order valence-electron chi connectivity index (χ3n) is 3.40. The first-order valence-electron chi connectivity index (χ1n) is 6.16. The molecule has 0 aliphatic heterocycles. The van der Waals surface area contributed by atoms with Gasteiger partial charge >= 0.3 is 0 Å². The molecule has 0 spiro atoms. The summed E-state index contributed by atoms with van der Waals surface area (Å²) in [5.41, 5.74) is -0.151. The van der Waals surface area contributed by atoms with Gasteiger partial charge < -0.3 is 4.57 Å². The highest BCUT2D eigenvalue weighted by Gasteiger charge is 2.21. The molecule has 0 unspecified atom stereocenters. The fourth-order valence-corrected chi connectivity index (χ4v) is 3.66. The molecule has 0 bridgehead atoms. The van der Waals surface area contributed by atoms with Gasteiger partial charge in [0.1, 0.15) is 0 Å². The summed E-state index contributed by atoms with van der Waals surface area (Å²) in [5, 5.41) is 0. The minimum atomic E-state index is -0.151. The van der Waals surface area contributed by atoms with Crippen molar-refractivity contribution >= 4 is 37.6 Å². The van der Waals surface area contributed by atoms with E-state index in [4.69, 9.17) is 0 Å². The number of carbonyl (C=O) groups excluding carboxylic acids is 1. The van der Waals surface area contributed by atoms with Crippen LogP contribution in [0.5, 0.6) is 0 Å². The Balaban J connectivity index is 2.13. The summed E-state index contributed by atoms with van der Waals surface area (Å²) in [6, 6.07) is 1.70. The van der Waals surface area contributed by atoms with Crippen molar-refractivity contribution in [2.45, 2.75) is 38.6 Å². The molecule has 0 N–H and O–H groups in total. The Kier molecular flexibility index (Phi) is 4.78. The number of aromatic nitrogens is 1.